The zero-order valence-electron chi connectivity index (χ0n) is 15.6. The topological polar surface area (TPSA) is 104 Å². The zero-order chi connectivity index (χ0) is 20.1. The molecule has 0 fully saturated rings. The number of rotatable bonds is 6. The van der Waals surface area contributed by atoms with Crippen LogP contribution < -0.4 is 14.8 Å². The molecular formula is C18H19FN6O3. The molecule has 0 bridgehead atoms. The van der Waals surface area contributed by atoms with Gasteiger partial charge in [0.05, 0.1) is 0 Å². The third-order valence-corrected chi connectivity index (χ3v) is 3.64. The summed E-state index contributed by atoms with van der Waals surface area (Å²) in [5.41, 5.74) is 1.99. The van der Waals surface area contributed by atoms with Crippen LogP contribution in [0.2, 0.25) is 0 Å². The molecule has 2 heterocycles. The van der Waals surface area contributed by atoms with E-state index in [1.807, 2.05) is 13.8 Å². The molecule has 3 aromatic rings. The number of benzene rings is 1. The molecule has 2 aromatic heterocycles. The monoisotopic (exact) mass is 386 g/mol. The van der Waals surface area contributed by atoms with Gasteiger partial charge in [0, 0.05) is 30.8 Å². The number of carbonyl (C=O) groups excluding carboxylic acids is 1. The van der Waals surface area contributed by atoms with Crippen LogP contribution in [0.25, 0.3) is 11.3 Å². The molecule has 9 nitrogen and oxygen atoms in total. The molecule has 3 rings (SSSR count). The fourth-order valence-electron chi connectivity index (χ4n) is 2.31. The second-order valence-electron chi connectivity index (χ2n) is 6.20. The second-order valence-corrected chi connectivity index (χ2v) is 6.20. The molecule has 0 aliphatic carbocycles. The fourth-order valence-corrected chi connectivity index (χ4v) is 2.31. The number of halogens is 1. The predicted octanol–water partition coefficient (Wildman–Crippen LogP) is 2.49. The molecule has 0 spiro atoms. The molecule has 0 saturated carbocycles. The Bertz CT molecular complexity index is 941. The number of nitrogens with zero attached hydrogens (tertiary/aromatic N) is 5. The average Bonchev–Trinajstić information content (AvgIpc) is 3.02. The summed E-state index contributed by atoms with van der Waals surface area (Å²) < 4.78 is 25.3. The van der Waals surface area contributed by atoms with Gasteiger partial charge in [-0.1, -0.05) is 5.21 Å². The molecule has 1 aromatic carbocycles. The van der Waals surface area contributed by atoms with E-state index in [2.05, 4.69) is 25.8 Å². The number of aryl methyl sites for hydroxylation is 1. The number of aromatic nitrogens is 5. The van der Waals surface area contributed by atoms with Crippen molar-refractivity contribution in [2.45, 2.75) is 26.5 Å². The van der Waals surface area contributed by atoms with Gasteiger partial charge in [-0.3, -0.25) is 0 Å². The molecule has 0 aliphatic heterocycles. The summed E-state index contributed by atoms with van der Waals surface area (Å²) in [5, 5.41) is 18.4. The maximum absolute atomic E-state index is 13.1. The normalized spacial score (nSPS) is 10.8. The SMILES string of the molecule is CC(C)NC(=O)Oc1ccc(OCc2c(-c3ccc(F)cc3)nnn2C)nn1. The second kappa shape index (κ2) is 8.42. The highest BCUT2D eigenvalue weighted by molar-refractivity contribution is 5.70. The summed E-state index contributed by atoms with van der Waals surface area (Å²) in [4.78, 5) is 11.5. The van der Waals surface area contributed by atoms with E-state index in [-0.39, 0.29) is 30.2 Å². The van der Waals surface area contributed by atoms with Gasteiger partial charge < -0.3 is 14.8 Å². The van der Waals surface area contributed by atoms with Crippen LogP contribution in [0.3, 0.4) is 0 Å². The van der Waals surface area contributed by atoms with Crippen LogP contribution in [0.4, 0.5) is 9.18 Å². The van der Waals surface area contributed by atoms with Gasteiger partial charge in [0.25, 0.3) is 0 Å². The summed E-state index contributed by atoms with van der Waals surface area (Å²) >= 11 is 0. The van der Waals surface area contributed by atoms with Crippen LogP contribution >= 0.6 is 0 Å². The third-order valence-electron chi connectivity index (χ3n) is 3.64. The van der Waals surface area contributed by atoms with Crippen molar-refractivity contribution in [3.05, 3.63) is 47.9 Å². The van der Waals surface area contributed by atoms with Crippen molar-refractivity contribution < 1.29 is 18.7 Å². The van der Waals surface area contributed by atoms with E-state index in [4.69, 9.17) is 9.47 Å². The Morgan fingerprint density at radius 2 is 1.79 bits per heavy atom. The molecule has 0 aliphatic rings. The standard InChI is InChI=1S/C18H19FN6O3/c1-11(2)20-18(26)28-16-9-8-15(21-22-16)27-10-14-17(23-24-25(14)3)12-4-6-13(19)7-5-12/h4-9,11H,10H2,1-3H3,(H,20,26). The van der Waals surface area contributed by atoms with E-state index in [1.54, 1.807) is 23.9 Å². The van der Waals surface area contributed by atoms with Crippen LogP contribution in [-0.2, 0) is 13.7 Å². The first-order chi connectivity index (χ1) is 13.4. The van der Waals surface area contributed by atoms with E-state index in [0.717, 1.165) is 5.56 Å². The quantitative estimate of drug-likeness (QED) is 0.694. The first-order valence-corrected chi connectivity index (χ1v) is 8.51. The highest BCUT2D eigenvalue weighted by Gasteiger charge is 2.14. The lowest BCUT2D eigenvalue weighted by Gasteiger charge is -2.09. The van der Waals surface area contributed by atoms with Crippen molar-refractivity contribution in [3.8, 4) is 23.0 Å². The molecule has 0 saturated heterocycles. The first-order valence-electron chi connectivity index (χ1n) is 8.51. The summed E-state index contributed by atoms with van der Waals surface area (Å²) in [5.74, 6) is -0.0346. The maximum Gasteiger partial charge on any atom is 0.414 e. The Labute approximate surface area is 160 Å². The highest BCUT2D eigenvalue weighted by Crippen LogP contribution is 2.22. The molecule has 0 radical (unpaired) electrons. The van der Waals surface area contributed by atoms with Crippen LogP contribution in [-0.4, -0.2) is 37.3 Å². The van der Waals surface area contributed by atoms with E-state index < -0.39 is 6.09 Å². The molecule has 0 atom stereocenters. The largest absolute Gasteiger partial charge is 0.470 e. The Morgan fingerprint density at radius 3 is 2.43 bits per heavy atom. The molecule has 146 valence electrons. The molecular weight excluding hydrogens is 367 g/mol. The minimum absolute atomic E-state index is 0.0501. The van der Waals surface area contributed by atoms with E-state index >= 15 is 0 Å². The highest BCUT2D eigenvalue weighted by atomic mass is 19.1. The van der Waals surface area contributed by atoms with Gasteiger partial charge in [-0.05, 0) is 38.1 Å². The number of amides is 1. The minimum atomic E-state index is -0.608. The fraction of sp³-hybridized carbons (Fsp3) is 0.278. The molecule has 1 amide bonds. The van der Waals surface area contributed by atoms with Gasteiger partial charge in [0.2, 0.25) is 11.8 Å². The Hall–Kier alpha value is -3.56. The number of carbonyl (C=O) groups is 1. The third kappa shape index (κ3) is 4.78. The van der Waals surface area contributed by atoms with Gasteiger partial charge in [-0.15, -0.1) is 15.3 Å². The Kier molecular flexibility index (Phi) is 5.78. The van der Waals surface area contributed by atoms with Gasteiger partial charge in [0.1, 0.15) is 23.8 Å². The van der Waals surface area contributed by atoms with Gasteiger partial charge in [-0.25, -0.2) is 13.9 Å². The van der Waals surface area contributed by atoms with E-state index in [1.165, 1.54) is 24.3 Å². The van der Waals surface area contributed by atoms with Crippen molar-refractivity contribution in [1.29, 1.82) is 0 Å². The van der Waals surface area contributed by atoms with Crippen LogP contribution in [0.5, 0.6) is 11.8 Å². The lowest BCUT2D eigenvalue weighted by molar-refractivity contribution is 0.194. The zero-order valence-corrected chi connectivity index (χ0v) is 15.6. The molecule has 1 N–H and O–H groups in total. The summed E-state index contributed by atoms with van der Waals surface area (Å²) in [6.45, 7) is 3.76. The Balaban J connectivity index is 1.65. The molecule has 10 heteroatoms. The lowest BCUT2D eigenvalue weighted by Crippen LogP contribution is -2.32. The Morgan fingerprint density at radius 1 is 1.11 bits per heavy atom. The van der Waals surface area contributed by atoms with Gasteiger partial charge in [0.15, 0.2) is 0 Å². The van der Waals surface area contributed by atoms with Crippen molar-refractivity contribution in [2.24, 2.45) is 7.05 Å². The van der Waals surface area contributed by atoms with Crippen molar-refractivity contribution in [2.75, 3.05) is 0 Å². The summed E-state index contributed by atoms with van der Waals surface area (Å²) in [6, 6.07) is 8.92. The number of hydrogen-bond acceptors (Lipinski definition) is 7. The summed E-state index contributed by atoms with van der Waals surface area (Å²) in [7, 11) is 1.73. The van der Waals surface area contributed by atoms with Gasteiger partial charge in [-0.2, -0.15) is 0 Å². The van der Waals surface area contributed by atoms with Gasteiger partial charge >= 0.3 is 6.09 Å². The first kappa shape index (κ1) is 19.2. The summed E-state index contributed by atoms with van der Waals surface area (Å²) in [6.07, 6.45) is -0.608. The van der Waals surface area contributed by atoms with Crippen molar-refractivity contribution in [1.82, 2.24) is 30.5 Å². The van der Waals surface area contributed by atoms with Crippen LogP contribution in [0.15, 0.2) is 36.4 Å². The lowest BCUT2D eigenvalue weighted by atomic mass is 10.1. The predicted molar refractivity (Wildman–Crippen MR) is 97.1 cm³/mol. The minimum Gasteiger partial charge on any atom is -0.470 e. The van der Waals surface area contributed by atoms with Crippen molar-refractivity contribution in [3.63, 3.8) is 0 Å². The maximum atomic E-state index is 13.1. The number of hydrogen-bond donors (Lipinski definition) is 1. The number of ether oxygens (including phenoxy) is 2. The average molecular weight is 386 g/mol. The van der Waals surface area contributed by atoms with Crippen molar-refractivity contribution >= 4 is 6.09 Å². The van der Waals surface area contributed by atoms with E-state index in [9.17, 15) is 9.18 Å². The van der Waals surface area contributed by atoms with Crippen LogP contribution in [0, 0.1) is 5.82 Å². The number of nitrogens with one attached hydrogen (secondary N) is 1. The molecule has 0 unspecified atom stereocenters. The molecule has 28 heavy (non-hydrogen) atoms. The smallest absolute Gasteiger partial charge is 0.414 e. The van der Waals surface area contributed by atoms with Crippen LogP contribution in [0.1, 0.15) is 19.5 Å². The van der Waals surface area contributed by atoms with E-state index in [0.29, 0.717) is 11.4 Å².